The minimum absolute atomic E-state index is 0.181. The molecule has 0 fully saturated rings. The van der Waals surface area contributed by atoms with Crippen LogP contribution >= 0.6 is 45.6 Å². The first kappa shape index (κ1) is 90.8. The molecule has 0 N–H and O–H groups in total. The van der Waals surface area contributed by atoms with Gasteiger partial charge in [-0.25, -0.2) is 0 Å². The fourth-order valence-electron chi connectivity index (χ4n) is 16.8. The van der Waals surface area contributed by atoms with E-state index >= 15 is 0 Å². The molecular weight excluding hydrogens is 1690 g/mol. The quantitative estimate of drug-likeness (QED) is 0.0326. The maximum absolute atomic E-state index is 14.4. The highest BCUT2D eigenvalue weighted by Crippen LogP contribution is 2.55. The summed E-state index contributed by atoms with van der Waals surface area (Å²) in [6.45, 7) is 25.8. The average molecular weight is 1800 g/mol. The van der Waals surface area contributed by atoms with Crippen LogP contribution < -0.4 is 36.7 Å². The van der Waals surface area contributed by atoms with E-state index in [4.69, 9.17) is 54.3 Å². The van der Waals surface area contributed by atoms with Gasteiger partial charge in [0.25, 0.3) is 0 Å². The van der Waals surface area contributed by atoms with E-state index in [1.54, 1.807) is 107 Å². The summed E-state index contributed by atoms with van der Waals surface area (Å²) >= 11 is 0. The van der Waals surface area contributed by atoms with Crippen LogP contribution in [0.15, 0.2) is 249 Å². The van der Waals surface area contributed by atoms with Crippen molar-refractivity contribution in [2.45, 2.75) is 102 Å². The SMILES string of the molecule is CCOP(=O)(OCC)c1ccc2c(c1)c1cc(P(=O)(OCC)OCC)ccc1n2-c1ccc(-c2ccc(N(c3ccc(C4=CCC(C)(n5c6ccc(P(=O)(OCC)OCC)cc6c6cc(P(=O)(OCC)OCC)ccc65)C=C4)cc3)c3ccc(-c4ccc(-n5c6ccc(P(=O)(OCC)OCC)cc6c6cc(P(=O)(OCC)OCC)ccc65)cc4)cc3)cc2)cc1. The molecule has 11 aromatic carbocycles. The number of fused-ring (bicyclic) bond motifs is 9. The molecule has 0 saturated carbocycles. The fourth-order valence-corrected chi connectivity index (χ4v) is 26.4. The smallest absolute Gasteiger partial charge is 0.331 e. The third-order valence-electron chi connectivity index (χ3n) is 22.2. The highest BCUT2D eigenvalue weighted by molar-refractivity contribution is 7.64. The molecule has 1 aliphatic carbocycles. The number of allylic oxidation sites excluding steroid dienone is 4. The second-order valence-corrected chi connectivity index (χ2v) is 42.0. The Morgan fingerprint density at radius 2 is 0.480 bits per heavy atom. The van der Waals surface area contributed by atoms with Gasteiger partial charge in [0, 0.05) is 71.8 Å². The normalized spacial score (nSPS) is 14.5. The highest BCUT2D eigenvalue weighted by Gasteiger charge is 2.37. The first-order chi connectivity index (χ1) is 60.4. The summed E-state index contributed by atoms with van der Waals surface area (Å²) in [6, 6.07) is 76.0. The third-order valence-corrected chi connectivity index (χ3v) is 34.8. The third kappa shape index (κ3) is 17.6. The van der Waals surface area contributed by atoms with Crippen LogP contribution in [0.25, 0.3) is 105 Å². The van der Waals surface area contributed by atoms with E-state index < -0.39 is 51.1 Å². The lowest BCUT2D eigenvalue weighted by atomic mass is 9.87. The van der Waals surface area contributed by atoms with Crippen LogP contribution in [0.2, 0.25) is 0 Å². The van der Waals surface area contributed by atoms with E-state index in [1.165, 1.54) is 0 Å². The van der Waals surface area contributed by atoms with Crippen molar-refractivity contribution in [1.82, 2.24) is 13.7 Å². The minimum Gasteiger partial charge on any atom is -0.331 e. The van der Waals surface area contributed by atoms with E-state index in [1.807, 2.05) is 84.9 Å². The molecule has 22 nitrogen and oxygen atoms in total. The Morgan fingerprint density at radius 3 is 0.696 bits per heavy atom. The van der Waals surface area contributed by atoms with Crippen LogP contribution in [0, 0.1) is 0 Å². The lowest BCUT2D eigenvalue weighted by Gasteiger charge is -2.32. The Hall–Kier alpha value is -9.00. The lowest BCUT2D eigenvalue weighted by molar-refractivity contribution is 0.229. The van der Waals surface area contributed by atoms with Crippen LogP contribution in [-0.4, -0.2) is 93.0 Å². The van der Waals surface area contributed by atoms with Gasteiger partial charge in [0.15, 0.2) is 0 Å². The second-order valence-electron chi connectivity index (χ2n) is 29.8. The zero-order valence-corrected chi connectivity index (χ0v) is 78.1. The molecule has 0 radical (unpaired) electrons. The summed E-state index contributed by atoms with van der Waals surface area (Å²) in [5, 5.41) is 7.04. The number of anilines is 3. The van der Waals surface area contributed by atoms with Gasteiger partial charge in [-0.05, 0) is 300 Å². The molecule has 15 rings (SSSR count). The molecule has 14 aromatic rings. The molecule has 652 valence electrons. The predicted octanol–water partition coefficient (Wildman–Crippen LogP) is 24.9. The maximum Gasteiger partial charge on any atom is 0.361 e. The van der Waals surface area contributed by atoms with Crippen molar-refractivity contribution in [2.75, 3.05) is 84.2 Å². The van der Waals surface area contributed by atoms with Crippen molar-refractivity contribution in [1.29, 1.82) is 0 Å². The molecular formula is C97H106N4O18P6. The van der Waals surface area contributed by atoms with Gasteiger partial charge in [-0.15, -0.1) is 0 Å². The molecule has 3 heterocycles. The van der Waals surface area contributed by atoms with E-state index in [9.17, 15) is 27.4 Å². The summed E-state index contributed by atoms with van der Waals surface area (Å²) in [4.78, 5) is 2.25. The Morgan fingerprint density at radius 1 is 0.272 bits per heavy atom. The zero-order valence-electron chi connectivity index (χ0n) is 72.7. The van der Waals surface area contributed by atoms with Crippen molar-refractivity contribution in [3.63, 3.8) is 0 Å². The van der Waals surface area contributed by atoms with Crippen LogP contribution in [-0.2, 0) is 87.2 Å². The van der Waals surface area contributed by atoms with Gasteiger partial charge in [0.1, 0.15) is 0 Å². The van der Waals surface area contributed by atoms with Gasteiger partial charge < -0.3 is 72.9 Å². The van der Waals surface area contributed by atoms with Gasteiger partial charge >= 0.3 is 45.6 Å². The Labute approximate surface area is 730 Å². The van der Waals surface area contributed by atoms with Crippen molar-refractivity contribution in [3.8, 4) is 33.6 Å². The van der Waals surface area contributed by atoms with Crippen molar-refractivity contribution in [2.24, 2.45) is 0 Å². The van der Waals surface area contributed by atoms with Crippen LogP contribution in [0.4, 0.5) is 17.1 Å². The maximum atomic E-state index is 14.4. The van der Waals surface area contributed by atoms with E-state index in [-0.39, 0.29) is 79.3 Å². The van der Waals surface area contributed by atoms with Crippen LogP contribution in [0.1, 0.15) is 102 Å². The van der Waals surface area contributed by atoms with Gasteiger partial charge in [-0.3, -0.25) is 27.4 Å². The summed E-state index contributed by atoms with van der Waals surface area (Å²) in [7, 11) is -22.3. The molecule has 0 bridgehead atoms. The van der Waals surface area contributed by atoms with E-state index in [0.29, 0.717) is 38.2 Å². The molecule has 3 aromatic heterocycles. The monoisotopic (exact) mass is 1800 g/mol. The molecule has 1 aliphatic rings. The molecule has 0 amide bonds. The first-order valence-corrected chi connectivity index (χ1v) is 52.0. The molecule has 125 heavy (non-hydrogen) atoms. The number of rotatable bonds is 39. The average Bonchev–Trinajstić information content (AvgIpc) is 1.57. The van der Waals surface area contributed by atoms with Crippen molar-refractivity contribution < 1.29 is 81.7 Å². The van der Waals surface area contributed by atoms with Crippen molar-refractivity contribution in [3.05, 3.63) is 254 Å². The Kier molecular flexibility index (Phi) is 27.7. The summed E-state index contributed by atoms with van der Waals surface area (Å²) < 4.78 is 163. The first-order valence-electron chi connectivity index (χ1n) is 42.8. The largest absolute Gasteiger partial charge is 0.361 e. The Balaban J connectivity index is 0.783. The molecule has 0 saturated heterocycles. The van der Waals surface area contributed by atoms with Gasteiger partial charge in [0.2, 0.25) is 0 Å². The molecule has 1 atom stereocenters. The summed E-state index contributed by atoms with van der Waals surface area (Å²) in [6.07, 6.45) is 7.28. The molecule has 1 unspecified atom stereocenters. The predicted molar refractivity (Wildman–Crippen MR) is 508 cm³/mol. The number of nitrogens with zero attached hydrogens (tertiary/aromatic N) is 4. The molecule has 0 aliphatic heterocycles. The van der Waals surface area contributed by atoms with Crippen molar-refractivity contribution >= 4 is 165 Å². The van der Waals surface area contributed by atoms with Gasteiger partial charge in [-0.2, -0.15) is 0 Å². The fraction of sp³-hybridized carbons (Fsp3) is 0.278. The van der Waals surface area contributed by atoms with Gasteiger partial charge in [-0.1, -0.05) is 78.9 Å². The Bertz CT molecular complexity index is 6110. The second kappa shape index (κ2) is 38.1. The number of aromatic nitrogens is 3. The van der Waals surface area contributed by atoms with E-state index in [2.05, 4.69) is 165 Å². The number of benzene rings is 11. The van der Waals surface area contributed by atoms with Gasteiger partial charge in [0.05, 0.1) is 139 Å². The van der Waals surface area contributed by atoms with Crippen LogP contribution in [0.5, 0.6) is 0 Å². The lowest BCUT2D eigenvalue weighted by Crippen LogP contribution is -2.28. The highest BCUT2D eigenvalue weighted by atomic mass is 31.2. The molecule has 0 spiro atoms. The minimum atomic E-state index is -3.72. The zero-order chi connectivity index (χ0) is 88.2. The van der Waals surface area contributed by atoms with E-state index in [0.717, 1.165) is 127 Å². The number of hydrogen-bond acceptors (Lipinski definition) is 19. The molecule has 28 heteroatoms. The summed E-state index contributed by atoms with van der Waals surface area (Å²) in [5.74, 6) is 0. The standard InChI is InChI=1S/C97H106N4O18P6/c1-14-108-120(102,109-15-2)79-46-52-91-85(62-79)86-63-80(121(103,110-16-3)111-17-4)47-53-92(86)99(91)77-42-32-70(33-43-77)68-26-36-74(37-27-68)98(75-38-28-69(29-39-75)71-34-44-78(45-35-71)100-93-54-48-81(122(104,112-18-5)113-19-6)64-87(93)88-65-82(49-55-94(88)100)123(105,114-20-7)115-21-8)76-40-30-72(31-41-76)73-58-60-97(13,61-59-73)101-95-56-50-83(124(106,116-22-9)117-23-10)66-89(95)90-67-84(51-57-96(90)101)125(107,118-24-11)119-25-12/h26-60,62-67H,14-25,61H2,1-13H3. The number of hydrogen-bond donors (Lipinski definition) is 0. The summed E-state index contributed by atoms with van der Waals surface area (Å²) in [5.41, 5.74) is 14.9. The van der Waals surface area contributed by atoms with Crippen LogP contribution in [0.3, 0.4) is 0 Å². The topological polar surface area (TPSA) is 231 Å².